The third-order valence-electron chi connectivity index (χ3n) is 2.21. The first-order valence-corrected chi connectivity index (χ1v) is 8.42. The number of amides is 1. The molecule has 0 aliphatic heterocycles. The van der Waals surface area contributed by atoms with E-state index in [1.807, 2.05) is 17.8 Å². The smallest absolute Gasteiger partial charge is 0.257 e. The third-order valence-corrected chi connectivity index (χ3v) is 4.27. The highest BCUT2D eigenvalue weighted by Crippen LogP contribution is 2.27. The van der Waals surface area contributed by atoms with Crippen molar-refractivity contribution in [3.63, 3.8) is 0 Å². The summed E-state index contributed by atoms with van der Waals surface area (Å²) < 4.78 is 6.47. The maximum atomic E-state index is 11.6. The van der Waals surface area contributed by atoms with Gasteiger partial charge in [-0.1, -0.05) is 48.3 Å². The lowest BCUT2D eigenvalue weighted by Gasteiger charge is -2.17. The van der Waals surface area contributed by atoms with Crippen LogP contribution in [0.1, 0.15) is 20.8 Å². The van der Waals surface area contributed by atoms with Crippen molar-refractivity contribution in [1.82, 2.24) is 5.32 Å². The van der Waals surface area contributed by atoms with Crippen LogP contribution in [0.3, 0.4) is 0 Å². The normalized spacial score (nSPS) is 11.2. The zero-order valence-corrected chi connectivity index (χ0v) is 15.0. The SMILES string of the molecule is CC(C)(C)SCCNC(=O)COc1ccc(Br)cc1Cl. The molecule has 0 saturated carbocycles. The fourth-order valence-corrected chi connectivity index (χ4v) is 2.88. The Morgan fingerprint density at radius 2 is 2.15 bits per heavy atom. The summed E-state index contributed by atoms with van der Waals surface area (Å²) in [6, 6.07) is 5.28. The van der Waals surface area contributed by atoms with Crippen LogP contribution in [-0.4, -0.2) is 29.6 Å². The molecule has 112 valence electrons. The predicted octanol–water partition coefficient (Wildman–Crippen LogP) is 4.13. The van der Waals surface area contributed by atoms with E-state index in [0.717, 1.165) is 10.2 Å². The summed E-state index contributed by atoms with van der Waals surface area (Å²) >= 11 is 11.1. The van der Waals surface area contributed by atoms with Crippen LogP contribution in [0.2, 0.25) is 5.02 Å². The molecule has 0 saturated heterocycles. The van der Waals surface area contributed by atoms with Crippen LogP contribution in [0, 0.1) is 0 Å². The van der Waals surface area contributed by atoms with Gasteiger partial charge in [0.1, 0.15) is 5.75 Å². The van der Waals surface area contributed by atoms with Crippen LogP contribution in [-0.2, 0) is 4.79 Å². The summed E-state index contributed by atoms with van der Waals surface area (Å²) in [5, 5.41) is 3.30. The second-order valence-electron chi connectivity index (χ2n) is 5.17. The molecule has 6 heteroatoms. The van der Waals surface area contributed by atoms with E-state index in [0.29, 0.717) is 17.3 Å². The number of benzene rings is 1. The second kappa shape index (κ2) is 8.15. The summed E-state index contributed by atoms with van der Waals surface area (Å²) in [5.74, 6) is 1.25. The lowest BCUT2D eigenvalue weighted by atomic mass is 10.3. The number of carbonyl (C=O) groups excluding carboxylic acids is 1. The van der Waals surface area contributed by atoms with E-state index in [4.69, 9.17) is 16.3 Å². The van der Waals surface area contributed by atoms with Gasteiger partial charge in [-0.05, 0) is 18.2 Å². The van der Waals surface area contributed by atoms with Gasteiger partial charge in [-0.15, -0.1) is 0 Å². The number of nitrogens with one attached hydrogen (secondary N) is 1. The second-order valence-corrected chi connectivity index (χ2v) is 8.42. The average Bonchev–Trinajstić information content (AvgIpc) is 2.32. The topological polar surface area (TPSA) is 38.3 Å². The average molecular weight is 381 g/mol. The quantitative estimate of drug-likeness (QED) is 0.754. The molecule has 0 bridgehead atoms. The van der Waals surface area contributed by atoms with Gasteiger partial charge in [-0.2, -0.15) is 11.8 Å². The number of hydrogen-bond acceptors (Lipinski definition) is 3. The van der Waals surface area contributed by atoms with Crippen LogP contribution in [0.15, 0.2) is 22.7 Å². The summed E-state index contributed by atoms with van der Waals surface area (Å²) in [4.78, 5) is 11.6. The fourth-order valence-electron chi connectivity index (χ4n) is 1.33. The predicted molar refractivity (Wildman–Crippen MR) is 89.9 cm³/mol. The maximum absolute atomic E-state index is 11.6. The number of halogens is 2. The Bertz CT molecular complexity index is 463. The molecule has 0 aromatic heterocycles. The molecule has 0 aliphatic carbocycles. The minimum absolute atomic E-state index is 0.0263. The number of thioether (sulfide) groups is 1. The van der Waals surface area contributed by atoms with Gasteiger partial charge in [0.15, 0.2) is 6.61 Å². The number of ether oxygens (including phenoxy) is 1. The Morgan fingerprint density at radius 1 is 1.45 bits per heavy atom. The number of hydrogen-bond donors (Lipinski definition) is 1. The van der Waals surface area contributed by atoms with Crippen LogP contribution < -0.4 is 10.1 Å². The van der Waals surface area contributed by atoms with Gasteiger partial charge in [0.25, 0.3) is 5.91 Å². The van der Waals surface area contributed by atoms with Crippen LogP contribution >= 0.6 is 39.3 Å². The first-order chi connectivity index (χ1) is 9.28. The zero-order chi connectivity index (χ0) is 15.2. The third kappa shape index (κ3) is 7.41. The van der Waals surface area contributed by atoms with Crippen molar-refractivity contribution in [3.05, 3.63) is 27.7 Å². The molecular weight excluding hydrogens is 362 g/mol. The van der Waals surface area contributed by atoms with E-state index in [1.54, 1.807) is 12.1 Å². The van der Waals surface area contributed by atoms with Gasteiger partial charge in [0.05, 0.1) is 5.02 Å². The van der Waals surface area contributed by atoms with Gasteiger partial charge in [0.2, 0.25) is 0 Å². The van der Waals surface area contributed by atoms with Crippen LogP contribution in [0.25, 0.3) is 0 Å². The maximum Gasteiger partial charge on any atom is 0.257 e. The van der Waals surface area contributed by atoms with Crippen molar-refractivity contribution in [2.75, 3.05) is 18.9 Å². The van der Waals surface area contributed by atoms with Crippen molar-refractivity contribution in [2.24, 2.45) is 0 Å². The van der Waals surface area contributed by atoms with Crippen molar-refractivity contribution < 1.29 is 9.53 Å². The number of rotatable bonds is 6. The molecule has 3 nitrogen and oxygen atoms in total. The first-order valence-electron chi connectivity index (χ1n) is 6.26. The highest BCUT2D eigenvalue weighted by molar-refractivity contribution is 9.10. The van der Waals surface area contributed by atoms with Gasteiger partial charge in [-0.3, -0.25) is 4.79 Å². The van der Waals surface area contributed by atoms with E-state index in [2.05, 4.69) is 42.0 Å². The minimum Gasteiger partial charge on any atom is -0.482 e. The lowest BCUT2D eigenvalue weighted by molar-refractivity contribution is -0.122. The molecular formula is C14H19BrClNO2S. The van der Waals surface area contributed by atoms with E-state index < -0.39 is 0 Å². The van der Waals surface area contributed by atoms with Gasteiger partial charge in [-0.25, -0.2) is 0 Å². The fraction of sp³-hybridized carbons (Fsp3) is 0.500. The molecule has 20 heavy (non-hydrogen) atoms. The highest BCUT2D eigenvalue weighted by Gasteiger charge is 2.10. The molecule has 0 heterocycles. The van der Waals surface area contributed by atoms with Gasteiger partial charge >= 0.3 is 0 Å². The Kier molecular flexibility index (Phi) is 7.20. The zero-order valence-electron chi connectivity index (χ0n) is 11.8. The van der Waals surface area contributed by atoms with Crippen molar-refractivity contribution in [2.45, 2.75) is 25.5 Å². The van der Waals surface area contributed by atoms with E-state index in [-0.39, 0.29) is 17.3 Å². The molecule has 1 N–H and O–H groups in total. The summed E-state index contributed by atoms with van der Waals surface area (Å²) in [5.41, 5.74) is 0. The lowest BCUT2D eigenvalue weighted by Crippen LogP contribution is -2.31. The highest BCUT2D eigenvalue weighted by atomic mass is 79.9. The molecule has 1 rings (SSSR count). The van der Waals surface area contributed by atoms with E-state index in [1.165, 1.54) is 0 Å². The Morgan fingerprint density at radius 3 is 2.75 bits per heavy atom. The molecule has 1 aromatic carbocycles. The van der Waals surface area contributed by atoms with Crippen molar-refractivity contribution >= 4 is 45.2 Å². The Hall–Kier alpha value is -0.390. The van der Waals surface area contributed by atoms with Crippen molar-refractivity contribution in [1.29, 1.82) is 0 Å². The van der Waals surface area contributed by atoms with Gasteiger partial charge < -0.3 is 10.1 Å². The van der Waals surface area contributed by atoms with E-state index in [9.17, 15) is 4.79 Å². The molecule has 0 radical (unpaired) electrons. The Labute approximate surface area is 137 Å². The summed E-state index contributed by atoms with van der Waals surface area (Å²) in [7, 11) is 0. The molecule has 1 aromatic rings. The molecule has 0 spiro atoms. The summed E-state index contributed by atoms with van der Waals surface area (Å²) in [6.45, 7) is 7.06. The number of carbonyl (C=O) groups is 1. The van der Waals surface area contributed by atoms with Crippen molar-refractivity contribution in [3.8, 4) is 5.75 Å². The van der Waals surface area contributed by atoms with Crippen LogP contribution in [0.4, 0.5) is 0 Å². The summed E-state index contributed by atoms with van der Waals surface area (Å²) in [6.07, 6.45) is 0. The first kappa shape index (κ1) is 17.7. The molecule has 0 atom stereocenters. The largest absolute Gasteiger partial charge is 0.482 e. The monoisotopic (exact) mass is 379 g/mol. The molecule has 0 unspecified atom stereocenters. The van der Waals surface area contributed by atoms with E-state index >= 15 is 0 Å². The standard InChI is InChI=1S/C14H19BrClNO2S/c1-14(2,3)20-7-6-17-13(18)9-19-12-5-4-10(15)8-11(12)16/h4-5,8H,6-7,9H2,1-3H3,(H,17,18). The van der Waals surface area contributed by atoms with Crippen LogP contribution in [0.5, 0.6) is 5.75 Å². The molecule has 0 aliphatic rings. The molecule has 0 fully saturated rings. The Balaban J connectivity index is 2.26. The van der Waals surface area contributed by atoms with Gasteiger partial charge in [0, 0.05) is 21.5 Å². The minimum atomic E-state index is -0.140. The molecule has 1 amide bonds.